The number of rotatable bonds is 6. The maximum atomic E-state index is 13.4. The van der Waals surface area contributed by atoms with Gasteiger partial charge in [-0.05, 0) is 29.8 Å². The molecule has 1 aliphatic heterocycles. The zero-order chi connectivity index (χ0) is 22.6. The molecule has 3 aromatic rings. The van der Waals surface area contributed by atoms with Gasteiger partial charge in [-0.1, -0.05) is 66.7 Å². The largest absolute Gasteiger partial charge is 0.455 e. The second-order valence-electron chi connectivity index (χ2n) is 7.74. The first-order valence-electron chi connectivity index (χ1n) is 10.3. The first-order chi connectivity index (χ1) is 15.4. The SMILES string of the molecule is O=C(OC1CS(=O)(=O)CC1N(Cc1ccccc1)C(=O)c1ccccc1)c1ccccc1. The van der Waals surface area contributed by atoms with Gasteiger partial charge in [0.15, 0.2) is 9.84 Å². The minimum atomic E-state index is -3.50. The molecule has 0 aliphatic carbocycles. The van der Waals surface area contributed by atoms with Crippen LogP contribution in [0.4, 0.5) is 0 Å². The van der Waals surface area contributed by atoms with Crippen molar-refractivity contribution in [2.75, 3.05) is 11.5 Å². The highest BCUT2D eigenvalue weighted by Gasteiger charge is 2.45. The Morgan fingerprint density at radius 3 is 1.91 bits per heavy atom. The molecular formula is C25H23NO5S. The summed E-state index contributed by atoms with van der Waals surface area (Å²) in [6.07, 6.45) is -0.955. The number of hydrogen-bond acceptors (Lipinski definition) is 5. The third-order valence-electron chi connectivity index (χ3n) is 5.42. The summed E-state index contributed by atoms with van der Waals surface area (Å²) < 4.78 is 30.8. The topological polar surface area (TPSA) is 80.8 Å². The van der Waals surface area contributed by atoms with Crippen molar-refractivity contribution in [3.8, 4) is 0 Å². The van der Waals surface area contributed by atoms with Gasteiger partial charge in [-0.3, -0.25) is 4.79 Å². The van der Waals surface area contributed by atoms with Gasteiger partial charge in [0.1, 0.15) is 6.10 Å². The monoisotopic (exact) mass is 449 g/mol. The lowest BCUT2D eigenvalue weighted by Gasteiger charge is -2.32. The fraction of sp³-hybridized carbons (Fsp3) is 0.200. The number of benzene rings is 3. The Kier molecular flexibility index (Phi) is 6.37. The van der Waals surface area contributed by atoms with E-state index in [9.17, 15) is 18.0 Å². The van der Waals surface area contributed by atoms with Crippen molar-refractivity contribution in [3.05, 3.63) is 108 Å². The summed E-state index contributed by atoms with van der Waals surface area (Å²) in [5.41, 5.74) is 1.63. The van der Waals surface area contributed by atoms with E-state index < -0.39 is 28.0 Å². The van der Waals surface area contributed by atoms with Crippen molar-refractivity contribution < 1.29 is 22.7 Å². The van der Waals surface area contributed by atoms with Crippen LogP contribution in [-0.2, 0) is 21.1 Å². The average molecular weight is 450 g/mol. The standard InChI is InChI=1S/C25H23NO5S/c27-24(20-12-6-2-7-13-20)26(16-19-10-4-1-5-11-19)22-17-32(29,30)18-23(22)31-25(28)21-14-8-3-9-15-21/h1-15,22-23H,16-18H2. The van der Waals surface area contributed by atoms with Crippen LogP contribution in [0.3, 0.4) is 0 Å². The van der Waals surface area contributed by atoms with Gasteiger partial charge < -0.3 is 9.64 Å². The Morgan fingerprint density at radius 1 is 0.781 bits per heavy atom. The van der Waals surface area contributed by atoms with E-state index in [4.69, 9.17) is 4.74 Å². The van der Waals surface area contributed by atoms with E-state index in [-0.39, 0.29) is 24.0 Å². The molecule has 1 heterocycles. The number of sulfone groups is 1. The van der Waals surface area contributed by atoms with E-state index in [1.165, 1.54) is 4.90 Å². The fourth-order valence-corrected chi connectivity index (χ4v) is 5.69. The molecule has 32 heavy (non-hydrogen) atoms. The van der Waals surface area contributed by atoms with Gasteiger partial charge in [0, 0.05) is 12.1 Å². The van der Waals surface area contributed by atoms with Crippen LogP contribution in [0.1, 0.15) is 26.3 Å². The van der Waals surface area contributed by atoms with Crippen molar-refractivity contribution >= 4 is 21.7 Å². The number of carbonyl (C=O) groups is 2. The maximum absolute atomic E-state index is 13.4. The summed E-state index contributed by atoms with van der Waals surface area (Å²) in [5.74, 6) is -1.49. The van der Waals surface area contributed by atoms with E-state index in [0.717, 1.165) is 5.56 Å². The molecule has 0 spiro atoms. The minimum absolute atomic E-state index is 0.203. The highest BCUT2D eigenvalue weighted by Crippen LogP contribution is 2.26. The zero-order valence-electron chi connectivity index (χ0n) is 17.3. The number of amides is 1. The van der Waals surface area contributed by atoms with Crippen molar-refractivity contribution in [1.29, 1.82) is 0 Å². The van der Waals surface area contributed by atoms with Gasteiger partial charge in [0.2, 0.25) is 0 Å². The van der Waals surface area contributed by atoms with Gasteiger partial charge in [0.05, 0.1) is 23.1 Å². The second-order valence-corrected chi connectivity index (χ2v) is 9.89. The van der Waals surface area contributed by atoms with E-state index in [2.05, 4.69) is 0 Å². The third kappa shape index (κ3) is 5.06. The molecule has 2 unspecified atom stereocenters. The molecule has 0 saturated carbocycles. The molecule has 164 valence electrons. The van der Waals surface area contributed by atoms with Crippen molar-refractivity contribution in [1.82, 2.24) is 4.90 Å². The van der Waals surface area contributed by atoms with Gasteiger partial charge in [-0.15, -0.1) is 0 Å². The number of nitrogens with zero attached hydrogens (tertiary/aromatic N) is 1. The molecule has 4 rings (SSSR count). The lowest BCUT2D eigenvalue weighted by Crippen LogP contribution is -2.47. The molecule has 1 fully saturated rings. The minimum Gasteiger partial charge on any atom is -0.455 e. The van der Waals surface area contributed by atoms with E-state index >= 15 is 0 Å². The Morgan fingerprint density at radius 2 is 1.31 bits per heavy atom. The van der Waals surface area contributed by atoms with Crippen LogP contribution < -0.4 is 0 Å². The summed E-state index contributed by atoms with van der Waals surface area (Å²) >= 11 is 0. The number of hydrogen-bond donors (Lipinski definition) is 0. The lowest BCUT2D eigenvalue weighted by molar-refractivity contribution is 0.0118. The van der Waals surface area contributed by atoms with Crippen LogP contribution in [0, 0.1) is 0 Å². The van der Waals surface area contributed by atoms with E-state index in [0.29, 0.717) is 11.1 Å². The molecule has 7 heteroatoms. The van der Waals surface area contributed by atoms with Gasteiger partial charge in [-0.2, -0.15) is 0 Å². The molecule has 0 radical (unpaired) electrons. The average Bonchev–Trinajstić information content (AvgIpc) is 3.12. The summed E-state index contributed by atoms with van der Waals surface area (Å²) in [6, 6.07) is 25.7. The van der Waals surface area contributed by atoms with Crippen LogP contribution in [0.5, 0.6) is 0 Å². The molecule has 1 saturated heterocycles. The third-order valence-corrected chi connectivity index (χ3v) is 7.10. The molecule has 0 aromatic heterocycles. The normalized spacial score (nSPS) is 19.2. The lowest BCUT2D eigenvalue weighted by atomic mass is 10.1. The molecule has 1 aliphatic rings. The summed E-state index contributed by atoms with van der Waals surface area (Å²) in [4.78, 5) is 27.6. The quantitative estimate of drug-likeness (QED) is 0.539. The fourth-order valence-electron chi connectivity index (χ4n) is 3.85. The van der Waals surface area contributed by atoms with Crippen LogP contribution in [0.25, 0.3) is 0 Å². The first-order valence-corrected chi connectivity index (χ1v) is 12.1. The van der Waals surface area contributed by atoms with Crippen LogP contribution in [0.15, 0.2) is 91.0 Å². The Hall–Kier alpha value is -3.45. The smallest absolute Gasteiger partial charge is 0.338 e. The van der Waals surface area contributed by atoms with Gasteiger partial charge >= 0.3 is 5.97 Å². The second kappa shape index (κ2) is 9.36. The summed E-state index contributed by atoms with van der Waals surface area (Å²) in [5, 5.41) is 0. The van der Waals surface area contributed by atoms with Crippen LogP contribution >= 0.6 is 0 Å². The molecule has 1 amide bonds. The molecule has 0 N–H and O–H groups in total. The van der Waals surface area contributed by atoms with E-state index in [1.54, 1.807) is 54.6 Å². The first kappa shape index (κ1) is 21.8. The summed E-state index contributed by atoms with van der Waals surface area (Å²) in [7, 11) is -3.50. The van der Waals surface area contributed by atoms with Gasteiger partial charge in [-0.25, -0.2) is 13.2 Å². The van der Waals surface area contributed by atoms with Crippen LogP contribution in [0.2, 0.25) is 0 Å². The molecule has 2 atom stereocenters. The maximum Gasteiger partial charge on any atom is 0.338 e. The highest BCUT2D eigenvalue weighted by molar-refractivity contribution is 7.91. The van der Waals surface area contributed by atoms with Crippen molar-refractivity contribution in [2.45, 2.75) is 18.7 Å². The van der Waals surface area contributed by atoms with Gasteiger partial charge in [0.25, 0.3) is 5.91 Å². The zero-order valence-corrected chi connectivity index (χ0v) is 18.1. The number of carbonyl (C=O) groups excluding carboxylic acids is 2. The van der Waals surface area contributed by atoms with Crippen LogP contribution in [-0.4, -0.2) is 48.8 Å². The predicted octanol–water partition coefficient (Wildman–Crippen LogP) is 3.35. The predicted molar refractivity (Wildman–Crippen MR) is 121 cm³/mol. The highest BCUT2D eigenvalue weighted by atomic mass is 32.2. The Labute approximate surface area is 187 Å². The number of esters is 1. The van der Waals surface area contributed by atoms with Crippen molar-refractivity contribution in [2.24, 2.45) is 0 Å². The summed E-state index contributed by atoms with van der Waals surface area (Å²) in [6.45, 7) is 0.203. The Bertz CT molecular complexity index is 1180. The molecule has 0 bridgehead atoms. The Balaban J connectivity index is 1.66. The molecular weight excluding hydrogens is 426 g/mol. The molecule has 6 nitrogen and oxygen atoms in total. The molecule has 3 aromatic carbocycles. The van der Waals surface area contributed by atoms with Crippen molar-refractivity contribution in [3.63, 3.8) is 0 Å². The number of ether oxygens (including phenoxy) is 1. The van der Waals surface area contributed by atoms with E-state index in [1.807, 2.05) is 36.4 Å².